The van der Waals surface area contributed by atoms with Crippen LogP contribution in [0.1, 0.15) is 20.3 Å². The van der Waals surface area contributed by atoms with Crippen LogP contribution < -0.4 is 5.73 Å². The van der Waals surface area contributed by atoms with Gasteiger partial charge in [0.1, 0.15) is 12.4 Å². The van der Waals surface area contributed by atoms with Crippen LogP contribution in [0.5, 0.6) is 0 Å². The summed E-state index contributed by atoms with van der Waals surface area (Å²) in [5.41, 5.74) is 5.08. The first-order valence-corrected chi connectivity index (χ1v) is 4.62. The highest BCUT2D eigenvalue weighted by Crippen LogP contribution is 2.24. The van der Waals surface area contributed by atoms with Gasteiger partial charge in [-0.15, -0.1) is 5.10 Å². The van der Waals surface area contributed by atoms with Gasteiger partial charge in [-0.1, -0.05) is 13.8 Å². The minimum absolute atomic E-state index is 0.488. The molecule has 7 nitrogen and oxygen atoms in total. The first-order chi connectivity index (χ1) is 6.93. The Bertz CT molecular complexity index is 322. The van der Waals surface area contributed by atoms with Gasteiger partial charge in [0.05, 0.1) is 0 Å². The molecule has 0 saturated heterocycles. The molecular formula is C8H15N5O2. The maximum Gasteiger partial charge on any atom is 0.321 e. The molecule has 0 fully saturated rings. The van der Waals surface area contributed by atoms with E-state index in [-0.39, 0.29) is 0 Å². The molecule has 1 aromatic rings. The summed E-state index contributed by atoms with van der Waals surface area (Å²) in [6.07, 6.45) is 2.09. The quantitative estimate of drug-likeness (QED) is 0.682. The van der Waals surface area contributed by atoms with Crippen molar-refractivity contribution in [2.45, 2.75) is 32.9 Å². The maximum atomic E-state index is 10.7. The Kier molecular flexibility index (Phi) is 3.35. The molecule has 0 spiro atoms. The lowest BCUT2D eigenvalue weighted by Gasteiger charge is -2.28. The Morgan fingerprint density at radius 1 is 1.67 bits per heavy atom. The van der Waals surface area contributed by atoms with Crippen LogP contribution in [0.3, 0.4) is 0 Å². The number of rotatable bonds is 5. The minimum atomic E-state index is -0.989. The molecule has 84 valence electrons. The van der Waals surface area contributed by atoms with Crippen molar-refractivity contribution in [2.75, 3.05) is 0 Å². The zero-order valence-corrected chi connectivity index (χ0v) is 8.79. The maximum absolute atomic E-state index is 10.7. The number of carboxylic acid groups (broad SMARTS) is 1. The summed E-state index contributed by atoms with van der Waals surface area (Å²) < 4.78 is 1.55. The molecule has 0 bridgehead atoms. The number of aromatic nitrogens is 4. The molecule has 1 heterocycles. The van der Waals surface area contributed by atoms with Crippen LogP contribution in [0.25, 0.3) is 0 Å². The molecule has 0 aliphatic heterocycles. The molecule has 1 aromatic heterocycles. The first kappa shape index (κ1) is 11.6. The molecule has 1 atom stereocenters. The molecule has 0 saturated carbocycles. The highest BCUT2D eigenvalue weighted by Gasteiger charge is 2.31. The molecule has 0 radical (unpaired) electrons. The van der Waals surface area contributed by atoms with Crippen LogP contribution in [-0.2, 0) is 11.3 Å². The van der Waals surface area contributed by atoms with Crippen LogP contribution in [0.4, 0.5) is 0 Å². The van der Waals surface area contributed by atoms with Gasteiger partial charge < -0.3 is 10.8 Å². The van der Waals surface area contributed by atoms with Crippen molar-refractivity contribution in [2.24, 2.45) is 11.1 Å². The largest absolute Gasteiger partial charge is 0.480 e. The van der Waals surface area contributed by atoms with Gasteiger partial charge in [0.25, 0.3) is 0 Å². The SMILES string of the molecule is CC(C)(CCn1cnnn1)C(N)C(=O)O. The van der Waals surface area contributed by atoms with Gasteiger partial charge in [0, 0.05) is 6.54 Å². The number of hydrogen-bond donors (Lipinski definition) is 2. The zero-order valence-electron chi connectivity index (χ0n) is 8.79. The van der Waals surface area contributed by atoms with Crippen LogP contribution in [0, 0.1) is 5.41 Å². The number of tetrazole rings is 1. The number of aryl methyl sites for hydroxylation is 1. The van der Waals surface area contributed by atoms with E-state index in [4.69, 9.17) is 10.8 Å². The third kappa shape index (κ3) is 2.98. The summed E-state index contributed by atoms with van der Waals surface area (Å²) in [4.78, 5) is 10.7. The fraction of sp³-hybridized carbons (Fsp3) is 0.750. The summed E-state index contributed by atoms with van der Waals surface area (Å²) in [6, 6.07) is -0.881. The van der Waals surface area contributed by atoms with E-state index in [0.717, 1.165) is 0 Å². The summed E-state index contributed by atoms with van der Waals surface area (Å²) >= 11 is 0. The van der Waals surface area contributed by atoms with Crippen molar-refractivity contribution in [3.63, 3.8) is 0 Å². The van der Waals surface area contributed by atoms with Crippen LogP contribution >= 0.6 is 0 Å². The standard InChI is InChI=1S/C8H15N5O2/c1-8(2,6(9)7(14)15)3-4-13-5-10-11-12-13/h5-6H,3-4,9H2,1-2H3,(H,14,15). The summed E-state index contributed by atoms with van der Waals surface area (Å²) in [7, 11) is 0. The van der Waals surface area contributed by atoms with E-state index >= 15 is 0 Å². The Morgan fingerprint density at radius 3 is 2.80 bits per heavy atom. The topological polar surface area (TPSA) is 107 Å². The van der Waals surface area contributed by atoms with Crippen LogP contribution in [0.2, 0.25) is 0 Å². The van der Waals surface area contributed by atoms with Crippen molar-refractivity contribution in [1.82, 2.24) is 20.2 Å². The second-order valence-electron chi connectivity index (χ2n) is 4.13. The average Bonchev–Trinajstić information content (AvgIpc) is 2.66. The van der Waals surface area contributed by atoms with E-state index in [2.05, 4.69) is 15.5 Å². The second kappa shape index (κ2) is 4.35. The Morgan fingerprint density at radius 2 is 2.33 bits per heavy atom. The van der Waals surface area contributed by atoms with Crippen LogP contribution in [-0.4, -0.2) is 37.3 Å². The molecule has 15 heavy (non-hydrogen) atoms. The predicted molar refractivity (Wildman–Crippen MR) is 51.8 cm³/mol. The van der Waals surface area contributed by atoms with E-state index in [1.165, 1.54) is 6.33 Å². The van der Waals surface area contributed by atoms with Crippen molar-refractivity contribution in [1.29, 1.82) is 0 Å². The van der Waals surface area contributed by atoms with E-state index in [1.807, 2.05) is 13.8 Å². The van der Waals surface area contributed by atoms with Gasteiger partial charge in [0.15, 0.2) is 0 Å². The molecule has 7 heteroatoms. The number of carboxylic acids is 1. The zero-order chi connectivity index (χ0) is 11.5. The highest BCUT2D eigenvalue weighted by atomic mass is 16.4. The first-order valence-electron chi connectivity index (χ1n) is 4.62. The lowest BCUT2D eigenvalue weighted by Crippen LogP contribution is -2.44. The van der Waals surface area contributed by atoms with E-state index in [9.17, 15) is 4.79 Å². The predicted octanol–water partition coefficient (Wildman–Crippen LogP) is -0.499. The fourth-order valence-electron chi connectivity index (χ4n) is 1.18. The van der Waals surface area contributed by atoms with Gasteiger partial charge in [0.2, 0.25) is 0 Å². The number of nitrogens with zero attached hydrogens (tertiary/aromatic N) is 4. The van der Waals surface area contributed by atoms with E-state index in [0.29, 0.717) is 13.0 Å². The lowest BCUT2D eigenvalue weighted by atomic mass is 9.82. The van der Waals surface area contributed by atoms with Crippen molar-refractivity contribution in [3.8, 4) is 0 Å². The Hall–Kier alpha value is -1.50. The van der Waals surface area contributed by atoms with Gasteiger partial charge >= 0.3 is 5.97 Å². The number of nitrogens with two attached hydrogens (primary N) is 1. The molecule has 0 aliphatic carbocycles. The smallest absolute Gasteiger partial charge is 0.321 e. The number of hydrogen-bond acceptors (Lipinski definition) is 5. The third-order valence-corrected chi connectivity index (χ3v) is 2.48. The third-order valence-electron chi connectivity index (χ3n) is 2.48. The lowest BCUT2D eigenvalue weighted by molar-refractivity contribution is -0.141. The van der Waals surface area contributed by atoms with Crippen LogP contribution in [0.15, 0.2) is 6.33 Å². The summed E-state index contributed by atoms with van der Waals surface area (Å²) in [5.74, 6) is -0.989. The molecule has 0 aromatic carbocycles. The molecule has 0 amide bonds. The van der Waals surface area contributed by atoms with Crippen molar-refractivity contribution < 1.29 is 9.90 Å². The van der Waals surface area contributed by atoms with Crippen molar-refractivity contribution in [3.05, 3.63) is 6.33 Å². The van der Waals surface area contributed by atoms with Gasteiger partial charge in [-0.2, -0.15) is 0 Å². The summed E-state index contributed by atoms with van der Waals surface area (Å²) in [5, 5.41) is 19.5. The normalized spacial score (nSPS) is 13.8. The molecule has 1 unspecified atom stereocenters. The van der Waals surface area contributed by atoms with E-state index in [1.54, 1.807) is 4.68 Å². The number of carbonyl (C=O) groups is 1. The average molecular weight is 213 g/mol. The Labute approximate surface area is 87.3 Å². The van der Waals surface area contributed by atoms with Gasteiger partial charge in [-0.25, -0.2) is 4.68 Å². The van der Waals surface area contributed by atoms with Gasteiger partial charge in [-0.3, -0.25) is 4.79 Å². The summed E-state index contributed by atoms with van der Waals surface area (Å²) in [6.45, 7) is 4.19. The molecular weight excluding hydrogens is 198 g/mol. The van der Waals surface area contributed by atoms with E-state index < -0.39 is 17.4 Å². The fourth-order valence-corrected chi connectivity index (χ4v) is 1.18. The second-order valence-corrected chi connectivity index (χ2v) is 4.13. The van der Waals surface area contributed by atoms with Gasteiger partial charge in [-0.05, 0) is 22.3 Å². The highest BCUT2D eigenvalue weighted by molar-refractivity contribution is 5.74. The Balaban J connectivity index is 2.53. The molecule has 0 aliphatic rings. The minimum Gasteiger partial charge on any atom is -0.480 e. The monoisotopic (exact) mass is 213 g/mol. The van der Waals surface area contributed by atoms with Crippen molar-refractivity contribution >= 4 is 5.97 Å². The molecule has 3 N–H and O–H groups in total. The number of aliphatic carboxylic acids is 1. The molecule has 1 rings (SSSR count).